The standard InChI is InChI=1S/C16H12F5N5O/c1-15(18,19)14-24-23-12-3-2-11(25-26(12)14)8-4-10(17)13(22-6-8)27-7-9-5-16(9,20)21/h2-4,6,9H,5,7H2,1H3/t9-/m0/s1. The summed E-state index contributed by atoms with van der Waals surface area (Å²) in [6.07, 6.45) is 0.922. The van der Waals surface area contributed by atoms with Crippen molar-refractivity contribution in [1.29, 1.82) is 0 Å². The maximum absolute atomic E-state index is 14.2. The summed E-state index contributed by atoms with van der Waals surface area (Å²) in [6, 6.07) is 3.89. The van der Waals surface area contributed by atoms with Gasteiger partial charge in [0.25, 0.3) is 5.92 Å². The molecule has 0 aromatic carbocycles. The first-order valence-electron chi connectivity index (χ1n) is 7.92. The minimum atomic E-state index is -3.27. The Morgan fingerprint density at radius 3 is 2.67 bits per heavy atom. The van der Waals surface area contributed by atoms with Crippen LogP contribution in [-0.2, 0) is 5.92 Å². The molecule has 0 radical (unpaired) electrons. The second-order valence-corrected chi connectivity index (χ2v) is 6.38. The summed E-state index contributed by atoms with van der Waals surface area (Å²) in [5.74, 6) is -8.91. The van der Waals surface area contributed by atoms with Crippen LogP contribution in [0.4, 0.5) is 22.0 Å². The first kappa shape index (κ1) is 17.6. The summed E-state index contributed by atoms with van der Waals surface area (Å²) >= 11 is 0. The van der Waals surface area contributed by atoms with Gasteiger partial charge in [0.1, 0.15) is 0 Å². The molecule has 0 aliphatic heterocycles. The van der Waals surface area contributed by atoms with Crippen LogP contribution < -0.4 is 4.74 Å². The van der Waals surface area contributed by atoms with Crippen LogP contribution >= 0.6 is 0 Å². The Hall–Kier alpha value is -2.85. The van der Waals surface area contributed by atoms with Crippen LogP contribution in [0, 0.1) is 11.7 Å². The van der Waals surface area contributed by atoms with Crippen LogP contribution in [0.25, 0.3) is 16.9 Å². The van der Waals surface area contributed by atoms with Crippen molar-refractivity contribution in [2.45, 2.75) is 25.2 Å². The highest BCUT2D eigenvalue weighted by atomic mass is 19.3. The minimum absolute atomic E-state index is 0.106. The van der Waals surface area contributed by atoms with Crippen molar-refractivity contribution in [2.24, 2.45) is 5.92 Å². The van der Waals surface area contributed by atoms with Crippen LogP contribution in [0.2, 0.25) is 0 Å². The molecule has 1 saturated carbocycles. The van der Waals surface area contributed by atoms with Gasteiger partial charge in [0, 0.05) is 25.1 Å². The zero-order chi connectivity index (χ0) is 19.4. The molecule has 4 rings (SSSR count). The molecule has 0 bridgehead atoms. The number of ether oxygens (including phenoxy) is 1. The van der Waals surface area contributed by atoms with Crippen LogP contribution in [-0.4, -0.2) is 37.3 Å². The molecular weight excluding hydrogens is 373 g/mol. The molecule has 1 aliphatic rings. The van der Waals surface area contributed by atoms with E-state index in [1.807, 2.05) is 0 Å². The van der Waals surface area contributed by atoms with Crippen LogP contribution in [0.15, 0.2) is 24.4 Å². The first-order valence-corrected chi connectivity index (χ1v) is 7.92. The highest BCUT2D eigenvalue weighted by Gasteiger charge is 2.57. The molecule has 142 valence electrons. The van der Waals surface area contributed by atoms with Gasteiger partial charge in [-0.25, -0.2) is 18.2 Å². The van der Waals surface area contributed by atoms with E-state index in [9.17, 15) is 22.0 Å². The molecule has 0 spiro atoms. The minimum Gasteiger partial charge on any atom is -0.475 e. The fraction of sp³-hybridized carbons (Fsp3) is 0.375. The number of hydrogen-bond acceptors (Lipinski definition) is 5. The van der Waals surface area contributed by atoms with Gasteiger partial charge in [0.05, 0.1) is 18.2 Å². The third-order valence-electron chi connectivity index (χ3n) is 4.14. The van der Waals surface area contributed by atoms with Gasteiger partial charge in [0.15, 0.2) is 11.5 Å². The Morgan fingerprint density at radius 1 is 1.30 bits per heavy atom. The second-order valence-electron chi connectivity index (χ2n) is 6.38. The smallest absolute Gasteiger partial charge is 0.305 e. The van der Waals surface area contributed by atoms with Gasteiger partial charge in [-0.05, 0) is 18.2 Å². The SMILES string of the molecule is CC(F)(F)c1nnc2ccc(-c3cnc(OC[C@@H]4CC4(F)F)c(F)c3)nn12. The third kappa shape index (κ3) is 3.28. The largest absolute Gasteiger partial charge is 0.475 e. The summed E-state index contributed by atoms with van der Waals surface area (Å²) in [7, 11) is 0. The number of aromatic nitrogens is 5. The Balaban J connectivity index is 1.60. The quantitative estimate of drug-likeness (QED) is 0.630. The molecular formula is C16H12F5N5O. The van der Waals surface area contributed by atoms with Gasteiger partial charge in [-0.3, -0.25) is 0 Å². The molecule has 0 amide bonds. The van der Waals surface area contributed by atoms with Crippen molar-refractivity contribution in [2.75, 3.05) is 6.61 Å². The Labute approximate surface area is 149 Å². The molecule has 3 aromatic rings. The zero-order valence-electron chi connectivity index (χ0n) is 13.8. The van der Waals surface area contributed by atoms with Crippen LogP contribution in [0.5, 0.6) is 5.88 Å². The van der Waals surface area contributed by atoms with Crippen molar-refractivity contribution >= 4 is 5.65 Å². The molecule has 6 nitrogen and oxygen atoms in total. The summed E-state index contributed by atoms with van der Waals surface area (Å²) in [5, 5.41) is 11.0. The predicted molar refractivity (Wildman–Crippen MR) is 82.1 cm³/mol. The van der Waals surface area contributed by atoms with Gasteiger partial charge >= 0.3 is 5.92 Å². The average Bonchev–Trinajstić information content (AvgIpc) is 3.01. The summed E-state index contributed by atoms with van der Waals surface area (Å²) in [5.41, 5.74) is 0.450. The summed E-state index contributed by atoms with van der Waals surface area (Å²) in [4.78, 5) is 3.77. The molecule has 1 atom stereocenters. The molecule has 1 aliphatic carbocycles. The average molecular weight is 385 g/mol. The number of hydrogen-bond donors (Lipinski definition) is 0. The third-order valence-corrected chi connectivity index (χ3v) is 4.14. The fourth-order valence-electron chi connectivity index (χ4n) is 2.52. The molecule has 1 fully saturated rings. The zero-order valence-corrected chi connectivity index (χ0v) is 13.8. The van der Waals surface area contributed by atoms with E-state index in [1.54, 1.807) is 0 Å². The van der Waals surface area contributed by atoms with E-state index in [2.05, 4.69) is 20.3 Å². The first-order chi connectivity index (χ1) is 12.6. The van der Waals surface area contributed by atoms with Gasteiger partial charge in [0.2, 0.25) is 11.7 Å². The number of halogens is 5. The van der Waals surface area contributed by atoms with E-state index in [1.165, 1.54) is 18.3 Å². The highest BCUT2D eigenvalue weighted by molar-refractivity contribution is 5.59. The Bertz CT molecular complexity index is 1020. The van der Waals surface area contributed by atoms with E-state index in [0.717, 1.165) is 10.6 Å². The molecule has 0 unspecified atom stereocenters. The highest BCUT2D eigenvalue weighted by Crippen LogP contribution is 2.48. The summed E-state index contributed by atoms with van der Waals surface area (Å²) < 4.78 is 72.8. The lowest BCUT2D eigenvalue weighted by atomic mass is 10.2. The van der Waals surface area contributed by atoms with Crippen molar-refractivity contribution in [3.8, 4) is 17.1 Å². The van der Waals surface area contributed by atoms with Crippen molar-refractivity contribution < 1.29 is 26.7 Å². The number of rotatable bonds is 5. The van der Waals surface area contributed by atoms with Gasteiger partial charge in [-0.1, -0.05) is 0 Å². The fourth-order valence-corrected chi connectivity index (χ4v) is 2.52. The predicted octanol–water partition coefficient (Wildman–Crippen LogP) is 3.47. The van der Waals surface area contributed by atoms with E-state index >= 15 is 0 Å². The van der Waals surface area contributed by atoms with E-state index in [0.29, 0.717) is 6.92 Å². The van der Waals surface area contributed by atoms with Crippen molar-refractivity contribution in [3.63, 3.8) is 0 Å². The van der Waals surface area contributed by atoms with Crippen LogP contribution in [0.3, 0.4) is 0 Å². The topological polar surface area (TPSA) is 65.2 Å². The molecule has 3 heterocycles. The van der Waals surface area contributed by atoms with E-state index < -0.39 is 35.3 Å². The summed E-state index contributed by atoms with van der Waals surface area (Å²) in [6.45, 7) is 0.324. The number of nitrogens with zero attached hydrogens (tertiary/aromatic N) is 5. The van der Waals surface area contributed by atoms with Crippen molar-refractivity contribution in [1.82, 2.24) is 24.8 Å². The maximum atomic E-state index is 14.2. The van der Waals surface area contributed by atoms with Gasteiger partial charge in [-0.2, -0.15) is 18.4 Å². The van der Waals surface area contributed by atoms with Crippen molar-refractivity contribution in [3.05, 3.63) is 36.0 Å². The Morgan fingerprint density at radius 2 is 2.04 bits per heavy atom. The van der Waals surface area contributed by atoms with E-state index in [-0.39, 0.29) is 29.9 Å². The van der Waals surface area contributed by atoms with Gasteiger partial charge in [-0.15, -0.1) is 10.2 Å². The van der Waals surface area contributed by atoms with E-state index in [4.69, 9.17) is 4.74 Å². The lowest BCUT2D eigenvalue weighted by Gasteiger charge is -2.09. The maximum Gasteiger partial charge on any atom is 0.305 e. The molecule has 0 saturated heterocycles. The second kappa shape index (κ2) is 5.83. The monoisotopic (exact) mass is 385 g/mol. The molecule has 11 heteroatoms. The molecule has 3 aromatic heterocycles. The van der Waals surface area contributed by atoms with Crippen LogP contribution in [0.1, 0.15) is 19.2 Å². The number of alkyl halides is 4. The Kier molecular flexibility index (Phi) is 3.79. The molecule has 27 heavy (non-hydrogen) atoms. The number of pyridine rings is 1. The van der Waals surface area contributed by atoms with Gasteiger partial charge < -0.3 is 4.74 Å². The number of fused-ring (bicyclic) bond motifs is 1. The molecule has 0 N–H and O–H groups in total. The lowest BCUT2D eigenvalue weighted by Crippen LogP contribution is -2.14. The lowest BCUT2D eigenvalue weighted by molar-refractivity contribution is 0.00563. The normalized spacial score (nSPS) is 18.7.